The fourth-order valence-electron chi connectivity index (χ4n) is 2.63. The van der Waals surface area contributed by atoms with Gasteiger partial charge in [0.15, 0.2) is 0 Å². The Morgan fingerprint density at radius 3 is 2.54 bits per heavy atom. The molecule has 1 unspecified atom stereocenters. The van der Waals surface area contributed by atoms with E-state index in [2.05, 4.69) is 0 Å². The maximum absolute atomic E-state index is 11.9. The van der Waals surface area contributed by atoms with Gasteiger partial charge in [0.1, 0.15) is 11.5 Å². The van der Waals surface area contributed by atoms with Crippen LogP contribution in [0.4, 0.5) is 0 Å². The van der Waals surface area contributed by atoms with Crippen molar-refractivity contribution in [3.8, 4) is 11.5 Å². The van der Waals surface area contributed by atoms with E-state index in [4.69, 9.17) is 21.4 Å². The Balaban J connectivity index is 1.64. The van der Waals surface area contributed by atoms with Crippen molar-refractivity contribution >= 4 is 23.5 Å². The monoisotopic (exact) mass is 345 g/mol. The number of para-hydroxylation sites is 1. The number of aliphatic carboxylic acids is 1. The van der Waals surface area contributed by atoms with Crippen LogP contribution in [-0.4, -0.2) is 28.4 Å². The molecular formula is C18H16ClNO4. The van der Waals surface area contributed by atoms with Gasteiger partial charge in [-0.25, -0.2) is 0 Å². The van der Waals surface area contributed by atoms with Crippen molar-refractivity contribution in [1.29, 1.82) is 0 Å². The molecule has 0 aromatic heterocycles. The molecule has 0 spiro atoms. The lowest BCUT2D eigenvalue weighted by molar-refractivity contribution is -0.141. The Morgan fingerprint density at radius 1 is 1.21 bits per heavy atom. The molecule has 1 fully saturated rings. The first-order chi connectivity index (χ1) is 11.5. The molecule has 1 aliphatic heterocycles. The first-order valence-electron chi connectivity index (χ1n) is 7.55. The number of rotatable bonds is 5. The summed E-state index contributed by atoms with van der Waals surface area (Å²) in [5.74, 6) is -0.442. The molecule has 1 amide bonds. The van der Waals surface area contributed by atoms with Crippen LogP contribution in [0, 0.1) is 5.92 Å². The van der Waals surface area contributed by atoms with Gasteiger partial charge in [-0.2, -0.15) is 0 Å². The van der Waals surface area contributed by atoms with Gasteiger partial charge in [-0.15, -0.1) is 0 Å². The Labute approximate surface area is 144 Å². The molecule has 1 N–H and O–H groups in total. The molecule has 0 aliphatic carbocycles. The number of likely N-dealkylation sites (tertiary alicyclic amines) is 1. The van der Waals surface area contributed by atoms with E-state index in [-0.39, 0.29) is 18.9 Å². The Bertz CT molecular complexity index is 760. The fraction of sp³-hybridized carbons (Fsp3) is 0.222. The zero-order valence-electron chi connectivity index (χ0n) is 12.8. The van der Waals surface area contributed by atoms with Crippen LogP contribution in [0.25, 0.3) is 0 Å². The number of hydrogen-bond donors (Lipinski definition) is 1. The summed E-state index contributed by atoms with van der Waals surface area (Å²) in [4.78, 5) is 24.4. The summed E-state index contributed by atoms with van der Waals surface area (Å²) in [5, 5.41) is 9.54. The predicted octanol–water partition coefficient (Wildman–Crippen LogP) is 3.57. The van der Waals surface area contributed by atoms with Gasteiger partial charge in [0.05, 0.1) is 10.9 Å². The van der Waals surface area contributed by atoms with Crippen LogP contribution in [0.2, 0.25) is 5.02 Å². The molecule has 3 rings (SSSR count). The number of carboxylic acid groups (broad SMARTS) is 1. The number of amides is 1. The topological polar surface area (TPSA) is 66.8 Å². The molecule has 1 aliphatic rings. The lowest BCUT2D eigenvalue weighted by atomic mass is 10.1. The average Bonchev–Trinajstić information content (AvgIpc) is 2.93. The maximum atomic E-state index is 11.9. The Hall–Kier alpha value is -2.53. The highest BCUT2D eigenvalue weighted by molar-refractivity contribution is 6.32. The summed E-state index contributed by atoms with van der Waals surface area (Å²) in [7, 11) is 0. The molecule has 1 saturated heterocycles. The number of benzene rings is 2. The van der Waals surface area contributed by atoms with Gasteiger partial charge < -0.3 is 14.7 Å². The van der Waals surface area contributed by atoms with Crippen molar-refractivity contribution in [2.24, 2.45) is 5.92 Å². The van der Waals surface area contributed by atoms with Crippen LogP contribution >= 0.6 is 11.6 Å². The van der Waals surface area contributed by atoms with Crippen LogP contribution in [0.5, 0.6) is 11.5 Å². The lowest BCUT2D eigenvalue weighted by Gasteiger charge is -2.16. The summed E-state index contributed by atoms with van der Waals surface area (Å²) in [6, 6.07) is 14.5. The number of hydrogen-bond acceptors (Lipinski definition) is 3. The summed E-state index contributed by atoms with van der Waals surface area (Å²) in [6.07, 6.45) is 0.0725. The van der Waals surface area contributed by atoms with Crippen molar-refractivity contribution in [2.75, 3.05) is 6.54 Å². The van der Waals surface area contributed by atoms with Gasteiger partial charge in [-0.3, -0.25) is 9.59 Å². The summed E-state index contributed by atoms with van der Waals surface area (Å²) in [6.45, 7) is 0.654. The normalized spacial score (nSPS) is 17.1. The van der Waals surface area contributed by atoms with Gasteiger partial charge in [-0.05, 0) is 29.8 Å². The highest BCUT2D eigenvalue weighted by Gasteiger charge is 2.33. The molecular weight excluding hydrogens is 330 g/mol. The van der Waals surface area contributed by atoms with E-state index in [1.807, 2.05) is 24.3 Å². The molecule has 24 heavy (non-hydrogen) atoms. The van der Waals surface area contributed by atoms with E-state index in [9.17, 15) is 9.59 Å². The molecule has 2 aromatic carbocycles. The second kappa shape index (κ2) is 6.93. The molecule has 1 heterocycles. The smallest absolute Gasteiger partial charge is 0.308 e. The predicted molar refractivity (Wildman–Crippen MR) is 89.1 cm³/mol. The first-order valence-corrected chi connectivity index (χ1v) is 7.92. The first kappa shape index (κ1) is 16.3. The van der Waals surface area contributed by atoms with Crippen molar-refractivity contribution in [3.05, 3.63) is 59.1 Å². The maximum Gasteiger partial charge on any atom is 0.308 e. The van der Waals surface area contributed by atoms with E-state index >= 15 is 0 Å². The average molecular weight is 346 g/mol. The highest BCUT2D eigenvalue weighted by Crippen LogP contribution is 2.29. The van der Waals surface area contributed by atoms with E-state index in [1.165, 1.54) is 0 Å². The SMILES string of the molecule is O=C(O)C1CC(=O)N(Cc2ccc(Oc3ccccc3Cl)cc2)C1. The van der Waals surface area contributed by atoms with Crippen LogP contribution in [0.3, 0.4) is 0 Å². The van der Waals surface area contributed by atoms with Crippen LogP contribution < -0.4 is 4.74 Å². The van der Waals surface area contributed by atoms with E-state index in [1.54, 1.807) is 29.2 Å². The van der Waals surface area contributed by atoms with Crippen LogP contribution in [0.1, 0.15) is 12.0 Å². The number of carbonyl (C=O) groups excluding carboxylic acids is 1. The molecule has 1 atom stereocenters. The number of ether oxygens (including phenoxy) is 1. The molecule has 0 bridgehead atoms. The van der Waals surface area contributed by atoms with Gasteiger partial charge in [0.25, 0.3) is 0 Å². The third-order valence-electron chi connectivity index (χ3n) is 3.92. The van der Waals surface area contributed by atoms with E-state index in [0.717, 1.165) is 5.56 Å². The number of carbonyl (C=O) groups is 2. The van der Waals surface area contributed by atoms with Gasteiger partial charge in [-0.1, -0.05) is 35.9 Å². The largest absolute Gasteiger partial charge is 0.481 e. The van der Waals surface area contributed by atoms with Crippen molar-refractivity contribution < 1.29 is 19.4 Å². The van der Waals surface area contributed by atoms with Crippen LogP contribution in [0.15, 0.2) is 48.5 Å². The summed E-state index contributed by atoms with van der Waals surface area (Å²) in [5.41, 5.74) is 0.917. The molecule has 0 radical (unpaired) electrons. The lowest BCUT2D eigenvalue weighted by Crippen LogP contribution is -2.25. The minimum atomic E-state index is -0.922. The minimum Gasteiger partial charge on any atom is -0.481 e. The molecule has 0 saturated carbocycles. The van der Waals surface area contributed by atoms with E-state index < -0.39 is 11.9 Å². The Morgan fingerprint density at radius 2 is 1.92 bits per heavy atom. The van der Waals surface area contributed by atoms with Crippen molar-refractivity contribution in [3.63, 3.8) is 0 Å². The second-order valence-corrected chi connectivity index (χ2v) is 6.10. The summed E-state index contributed by atoms with van der Waals surface area (Å²) >= 11 is 6.06. The molecule has 6 heteroatoms. The van der Waals surface area contributed by atoms with E-state index in [0.29, 0.717) is 23.1 Å². The quantitative estimate of drug-likeness (QED) is 0.899. The van der Waals surface area contributed by atoms with Crippen molar-refractivity contribution in [1.82, 2.24) is 4.90 Å². The molecule has 124 valence electrons. The Kier molecular flexibility index (Phi) is 4.71. The second-order valence-electron chi connectivity index (χ2n) is 5.69. The molecule has 2 aromatic rings. The standard InChI is InChI=1S/C18H16ClNO4/c19-15-3-1-2-4-16(15)24-14-7-5-12(6-8-14)10-20-11-13(18(22)23)9-17(20)21/h1-8,13H,9-11H2,(H,22,23). The van der Waals surface area contributed by atoms with Crippen molar-refractivity contribution in [2.45, 2.75) is 13.0 Å². The van der Waals surface area contributed by atoms with Crippen LogP contribution in [-0.2, 0) is 16.1 Å². The third-order valence-corrected chi connectivity index (χ3v) is 4.24. The van der Waals surface area contributed by atoms with Gasteiger partial charge in [0, 0.05) is 19.5 Å². The van der Waals surface area contributed by atoms with Gasteiger partial charge in [0.2, 0.25) is 5.91 Å². The zero-order valence-corrected chi connectivity index (χ0v) is 13.6. The highest BCUT2D eigenvalue weighted by atomic mass is 35.5. The molecule has 5 nitrogen and oxygen atoms in total. The summed E-state index contributed by atoms with van der Waals surface area (Å²) < 4.78 is 5.71. The van der Waals surface area contributed by atoms with Gasteiger partial charge >= 0.3 is 5.97 Å². The third kappa shape index (κ3) is 3.68. The fourth-order valence-corrected chi connectivity index (χ4v) is 2.80. The number of nitrogens with zero attached hydrogens (tertiary/aromatic N) is 1. The number of carboxylic acids is 1. The number of halogens is 1. The zero-order chi connectivity index (χ0) is 17.1. The minimum absolute atomic E-state index is 0.0725.